The second-order valence-electron chi connectivity index (χ2n) is 8.84. The molecule has 0 fully saturated rings. The largest absolute Gasteiger partial charge is 0.351 e. The summed E-state index contributed by atoms with van der Waals surface area (Å²) >= 11 is 5.84. The van der Waals surface area contributed by atoms with Crippen molar-refractivity contribution in [3.8, 4) is 11.4 Å². The van der Waals surface area contributed by atoms with Crippen molar-refractivity contribution >= 4 is 22.9 Å². The Kier molecular flexibility index (Phi) is 6.47. The van der Waals surface area contributed by atoms with Gasteiger partial charge in [-0.05, 0) is 49.2 Å². The summed E-state index contributed by atoms with van der Waals surface area (Å²) in [5.41, 5.74) is 7.64. The Balaban J connectivity index is 1.56. The predicted molar refractivity (Wildman–Crippen MR) is 143 cm³/mol. The molecule has 5 nitrogen and oxygen atoms in total. The zero-order chi connectivity index (χ0) is 24.4. The van der Waals surface area contributed by atoms with Gasteiger partial charge in [-0.1, -0.05) is 96.5 Å². The lowest BCUT2D eigenvalue weighted by Gasteiger charge is -2.37. The minimum Gasteiger partial charge on any atom is -0.351 e. The van der Waals surface area contributed by atoms with Crippen molar-refractivity contribution in [1.29, 1.82) is 0 Å². The Morgan fingerprint density at radius 2 is 1.60 bits per heavy atom. The van der Waals surface area contributed by atoms with Crippen molar-refractivity contribution in [3.05, 3.63) is 113 Å². The zero-order valence-electron chi connectivity index (χ0n) is 20.2. The smallest absolute Gasteiger partial charge is 0.258 e. The Bertz CT molecular complexity index is 1360. The summed E-state index contributed by atoms with van der Waals surface area (Å²) in [7, 11) is 0. The molecule has 1 aromatic heterocycles. The van der Waals surface area contributed by atoms with Crippen molar-refractivity contribution in [2.75, 3.05) is 0 Å². The van der Waals surface area contributed by atoms with Crippen molar-refractivity contribution in [2.24, 2.45) is 0 Å². The molecule has 5 rings (SSSR count). The number of aryl methyl sites for hydroxylation is 2. The van der Waals surface area contributed by atoms with E-state index in [0.29, 0.717) is 23.4 Å². The van der Waals surface area contributed by atoms with Gasteiger partial charge in [0.25, 0.3) is 5.89 Å². The molecule has 6 heteroatoms. The first kappa shape index (κ1) is 23.0. The number of nitrogens with zero attached hydrogens (tertiary/aromatic N) is 3. The van der Waals surface area contributed by atoms with Crippen LogP contribution in [0.15, 0.2) is 89.1 Å². The van der Waals surface area contributed by atoms with E-state index in [1.807, 2.05) is 30.3 Å². The molecule has 176 valence electrons. The van der Waals surface area contributed by atoms with Gasteiger partial charge in [0.05, 0.1) is 11.6 Å². The molecule has 1 aliphatic heterocycles. The van der Waals surface area contributed by atoms with Crippen LogP contribution in [0.2, 0.25) is 0 Å². The lowest BCUT2D eigenvalue weighted by molar-refractivity contribution is 0.396. The first-order valence-corrected chi connectivity index (χ1v) is 12.3. The Morgan fingerprint density at radius 1 is 0.914 bits per heavy atom. The van der Waals surface area contributed by atoms with Gasteiger partial charge in [0.1, 0.15) is 0 Å². The predicted octanol–water partition coefficient (Wildman–Crippen LogP) is 6.47. The van der Waals surface area contributed by atoms with Crippen LogP contribution in [0.1, 0.15) is 48.0 Å². The van der Waals surface area contributed by atoms with E-state index in [1.165, 1.54) is 16.7 Å². The van der Waals surface area contributed by atoms with E-state index in [4.69, 9.17) is 21.7 Å². The normalized spacial score (nSPS) is 15.9. The number of hydrogen-bond donors (Lipinski definition) is 1. The number of rotatable bonds is 6. The molecule has 0 bridgehead atoms. The van der Waals surface area contributed by atoms with E-state index >= 15 is 0 Å². The van der Waals surface area contributed by atoms with Gasteiger partial charge >= 0.3 is 0 Å². The lowest BCUT2D eigenvalue weighted by atomic mass is 9.94. The van der Waals surface area contributed by atoms with Crippen LogP contribution in [0.5, 0.6) is 0 Å². The number of benzene rings is 3. The molecule has 0 aliphatic carbocycles. The SMILES string of the molecule is CCc1ccc(CN2C(=S)NC(c3ccccc3)C(c3nc(-c4ccc(C)cc4)no3)=C2C)cc1. The van der Waals surface area contributed by atoms with E-state index in [0.717, 1.165) is 28.8 Å². The maximum absolute atomic E-state index is 5.85. The number of thiocarbonyl (C=S) groups is 1. The molecule has 0 radical (unpaired) electrons. The van der Waals surface area contributed by atoms with E-state index in [9.17, 15) is 0 Å². The Hall–Kier alpha value is -3.77. The lowest BCUT2D eigenvalue weighted by Crippen LogP contribution is -2.45. The van der Waals surface area contributed by atoms with Gasteiger partial charge in [-0.2, -0.15) is 4.98 Å². The molecule has 35 heavy (non-hydrogen) atoms. The number of allylic oxidation sites excluding steroid dienone is 1. The summed E-state index contributed by atoms with van der Waals surface area (Å²) in [5.74, 6) is 1.07. The van der Waals surface area contributed by atoms with Crippen molar-refractivity contribution < 1.29 is 4.52 Å². The van der Waals surface area contributed by atoms with Gasteiger partial charge in [-0.15, -0.1) is 0 Å². The quantitative estimate of drug-likeness (QED) is 0.319. The molecule has 1 atom stereocenters. The maximum Gasteiger partial charge on any atom is 0.258 e. The monoisotopic (exact) mass is 480 g/mol. The molecule has 1 N–H and O–H groups in total. The third-order valence-corrected chi connectivity index (χ3v) is 6.81. The van der Waals surface area contributed by atoms with Crippen molar-refractivity contribution in [3.63, 3.8) is 0 Å². The molecule has 1 aliphatic rings. The molecule has 1 unspecified atom stereocenters. The summed E-state index contributed by atoms with van der Waals surface area (Å²) in [4.78, 5) is 6.92. The highest BCUT2D eigenvalue weighted by Gasteiger charge is 2.34. The molecule has 0 saturated heterocycles. The highest BCUT2D eigenvalue weighted by molar-refractivity contribution is 7.80. The minimum absolute atomic E-state index is 0.186. The van der Waals surface area contributed by atoms with E-state index in [1.54, 1.807) is 0 Å². The first-order chi connectivity index (χ1) is 17.0. The molecule has 2 heterocycles. The van der Waals surface area contributed by atoms with Crippen LogP contribution in [0, 0.1) is 6.92 Å². The summed E-state index contributed by atoms with van der Waals surface area (Å²) in [6.07, 6.45) is 1.02. The van der Waals surface area contributed by atoms with Crippen molar-refractivity contribution in [1.82, 2.24) is 20.4 Å². The van der Waals surface area contributed by atoms with Gasteiger partial charge in [0, 0.05) is 17.8 Å². The molecular formula is C29H28N4OS. The molecular weight excluding hydrogens is 452 g/mol. The van der Waals surface area contributed by atoms with E-state index in [2.05, 4.69) is 84.7 Å². The van der Waals surface area contributed by atoms with E-state index < -0.39 is 0 Å². The number of nitrogens with one attached hydrogen (secondary N) is 1. The van der Waals surface area contributed by atoms with Crippen LogP contribution in [0.3, 0.4) is 0 Å². The topological polar surface area (TPSA) is 54.2 Å². The third-order valence-electron chi connectivity index (χ3n) is 6.47. The van der Waals surface area contributed by atoms with Crippen molar-refractivity contribution in [2.45, 2.75) is 39.8 Å². The summed E-state index contributed by atoms with van der Waals surface area (Å²) < 4.78 is 5.85. The van der Waals surface area contributed by atoms with Crippen LogP contribution in [0.4, 0.5) is 0 Å². The van der Waals surface area contributed by atoms with Gasteiger partial charge in [0.15, 0.2) is 5.11 Å². The van der Waals surface area contributed by atoms with Gasteiger partial charge < -0.3 is 14.7 Å². The average molecular weight is 481 g/mol. The van der Waals surface area contributed by atoms with Crippen LogP contribution >= 0.6 is 12.2 Å². The zero-order valence-corrected chi connectivity index (χ0v) is 21.0. The van der Waals surface area contributed by atoms with Crippen LogP contribution in [-0.2, 0) is 13.0 Å². The number of aromatic nitrogens is 2. The fourth-order valence-electron chi connectivity index (χ4n) is 4.36. The Morgan fingerprint density at radius 3 is 2.29 bits per heavy atom. The van der Waals surface area contributed by atoms with Gasteiger partial charge in [-0.25, -0.2) is 0 Å². The molecule has 3 aromatic carbocycles. The first-order valence-electron chi connectivity index (χ1n) is 11.9. The van der Waals surface area contributed by atoms with Crippen LogP contribution < -0.4 is 5.32 Å². The van der Waals surface area contributed by atoms with Crippen LogP contribution in [0.25, 0.3) is 17.0 Å². The fourth-order valence-corrected chi connectivity index (χ4v) is 4.68. The summed E-state index contributed by atoms with van der Waals surface area (Å²) in [5, 5.41) is 8.51. The number of hydrogen-bond acceptors (Lipinski definition) is 4. The summed E-state index contributed by atoms with van der Waals surface area (Å²) in [6, 6.07) is 26.9. The summed E-state index contributed by atoms with van der Waals surface area (Å²) in [6.45, 7) is 6.96. The fraction of sp³-hybridized carbons (Fsp3) is 0.207. The highest BCUT2D eigenvalue weighted by atomic mass is 32.1. The highest BCUT2D eigenvalue weighted by Crippen LogP contribution is 2.38. The Labute approximate surface area is 211 Å². The second-order valence-corrected chi connectivity index (χ2v) is 9.22. The maximum atomic E-state index is 5.85. The molecule has 4 aromatic rings. The standard InChI is InChI=1S/C29H28N4OS/c1-4-21-12-14-22(15-13-21)18-33-20(3)25(26(30-29(33)35)23-8-6-5-7-9-23)28-31-27(32-34-28)24-16-10-19(2)11-17-24/h5-17,26H,4,18H2,1-3H3,(H,30,35). The molecule has 0 amide bonds. The van der Waals surface area contributed by atoms with Gasteiger partial charge in [-0.3, -0.25) is 0 Å². The molecule has 0 saturated carbocycles. The van der Waals surface area contributed by atoms with Crippen LogP contribution in [-0.4, -0.2) is 20.2 Å². The van der Waals surface area contributed by atoms with E-state index in [-0.39, 0.29) is 6.04 Å². The average Bonchev–Trinajstić information content (AvgIpc) is 3.37. The second kappa shape index (κ2) is 9.84. The molecule has 0 spiro atoms. The minimum atomic E-state index is -0.186. The van der Waals surface area contributed by atoms with Gasteiger partial charge in [0.2, 0.25) is 5.82 Å². The third kappa shape index (κ3) is 4.75.